The molecule has 1 unspecified atom stereocenters. The lowest BCUT2D eigenvalue weighted by Gasteiger charge is -2.25. The summed E-state index contributed by atoms with van der Waals surface area (Å²) >= 11 is 0. The number of aliphatic imine (C=N–C) groups is 1. The number of rotatable bonds is 5. The van der Waals surface area contributed by atoms with Gasteiger partial charge in [-0.2, -0.15) is 0 Å². The van der Waals surface area contributed by atoms with Crippen LogP contribution in [0.15, 0.2) is 35.3 Å². The van der Waals surface area contributed by atoms with Crippen LogP contribution in [-0.2, 0) is 6.54 Å². The maximum absolute atomic E-state index is 4.22. The molecule has 1 atom stereocenters. The van der Waals surface area contributed by atoms with Crippen LogP contribution in [0.25, 0.3) is 0 Å². The van der Waals surface area contributed by atoms with Crippen molar-refractivity contribution in [2.45, 2.75) is 32.4 Å². The molecule has 0 radical (unpaired) electrons. The van der Waals surface area contributed by atoms with Gasteiger partial charge in [-0.05, 0) is 31.9 Å². The second-order valence-corrected chi connectivity index (χ2v) is 5.24. The van der Waals surface area contributed by atoms with Crippen LogP contribution < -0.4 is 10.6 Å². The SMILES string of the molecule is CCNC(=NC)NCC1CCCN1Cc1ccccc1.I. The minimum atomic E-state index is 0. The highest BCUT2D eigenvalue weighted by molar-refractivity contribution is 14.0. The Morgan fingerprint density at radius 1 is 1.29 bits per heavy atom. The van der Waals surface area contributed by atoms with E-state index >= 15 is 0 Å². The molecule has 0 bridgehead atoms. The van der Waals surface area contributed by atoms with E-state index in [-0.39, 0.29) is 24.0 Å². The molecule has 1 fully saturated rings. The molecule has 1 heterocycles. The van der Waals surface area contributed by atoms with E-state index in [1.54, 1.807) is 0 Å². The molecular formula is C16H27IN4. The Hall–Kier alpha value is -0.820. The van der Waals surface area contributed by atoms with Gasteiger partial charge in [0, 0.05) is 32.7 Å². The van der Waals surface area contributed by atoms with Gasteiger partial charge in [-0.25, -0.2) is 0 Å². The normalized spacial score (nSPS) is 19.1. The molecule has 2 rings (SSSR count). The summed E-state index contributed by atoms with van der Waals surface area (Å²) in [6.07, 6.45) is 2.56. The van der Waals surface area contributed by atoms with E-state index in [0.717, 1.165) is 25.6 Å². The van der Waals surface area contributed by atoms with Crippen molar-refractivity contribution in [1.29, 1.82) is 0 Å². The first-order valence-electron chi connectivity index (χ1n) is 7.56. The topological polar surface area (TPSA) is 39.7 Å². The number of halogens is 1. The van der Waals surface area contributed by atoms with Crippen molar-refractivity contribution in [3.63, 3.8) is 0 Å². The molecule has 0 amide bonds. The summed E-state index contributed by atoms with van der Waals surface area (Å²) in [5.41, 5.74) is 1.40. The molecule has 2 N–H and O–H groups in total. The van der Waals surface area contributed by atoms with Crippen molar-refractivity contribution in [2.75, 3.05) is 26.7 Å². The highest BCUT2D eigenvalue weighted by atomic mass is 127. The lowest BCUT2D eigenvalue weighted by molar-refractivity contribution is 0.245. The van der Waals surface area contributed by atoms with Crippen molar-refractivity contribution in [2.24, 2.45) is 4.99 Å². The molecule has 5 heteroatoms. The summed E-state index contributed by atoms with van der Waals surface area (Å²) in [6.45, 7) is 6.20. The van der Waals surface area contributed by atoms with E-state index in [4.69, 9.17) is 0 Å². The summed E-state index contributed by atoms with van der Waals surface area (Å²) in [5.74, 6) is 0.902. The van der Waals surface area contributed by atoms with Crippen molar-refractivity contribution in [1.82, 2.24) is 15.5 Å². The number of nitrogens with zero attached hydrogens (tertiary/aromatic N) is 2. The van der Waals surface area contributed by atoms with E-state index < -0.39 is 0 Å². The van der Waals surface area contributed by atoms with Crippen molar-refractivity contribution in [3.8, 4) is 0 Å². The van der Waals surface area contributed by atoms with Gasteiger partial charge in [-0.1, -0.05) is 30.3 Å². The van der Waals surface area contributed by atoms with Gasteiger partial charge in [0.15, 0.2) is 5.96 Å². The van der Waals surface area contributed by atoms with Crippen LogP contribution in [-0.4, -0.2) is 43.6 Å². The summed E-state index contributed by atoms with van der Waals surface area (Å²) in [7, 11) is 1.82. The molecule has 0 aromatic heterocycles. The predicted molar refractivity (Wildman–Crippen MR) is 100 cm³/mol. The predicted octanol–water partition coefficient (Wildman–Crippen LogP) is 2.45. The minimum absolute atomic E-state index is 0. The Bertz CT molecular complexity index is 422. The van der Waals surface area contributed by atoms with Gasteiger partial charge in [0.2, 0.25) is 0 Å². The first-order chi connectivity index (χ1) is 9.83. The molecule has 0 spiro atoms. The van der Waals surface area contributed by atoms with Crippen molar-refractivity contribution in [3.05, 3.63) is 35.9 Å². The lowest BCUT2D eigenvalue weighted by Crippen LogP contribution is -2.44. The smallest absolute Gasteiger partial charge is 0.191 e. The fourth-order valence-corrected chi connectivity index (χ4v) is 2.75. The monoisotopic (exact) mass is 402 g/mol. The molecular weight excluding hydrogens is 375 g/mol. The molecule has 118 valence electrons. The van der Waals surface area contributed by atoms with E-state index in [0.29, 0.717) is 6.04 Å². The van der Waals surface area contributed by atoms with Crippen LogP contribution >= 0.6 is 24.0 Å². The van der Waals surface area contributed by atoms with Gasteiger partial charge in [0.05, 0.1) is 0 Å². The third-order valence-electron chi connectivity index (χ3n) is 3.80. The minimum Gasteiger partial charge on any atom is -0.357 e. The van der Waals surface area contributed by atoms with Gasteiger partial charge >= 0.3 is 0 Å². The standard InChI is InChI=1S/C16H26N4.HI/c1-3-18-16(17-2)19-12-15-10-7-11-20(15)13-14-8-5-4-6-9-14;/h4-6,8-9,15H,3,7,10-13H2,1-2H3,(H2,17,18,19);1H. The van der Waals surface area contributed by atoms with Crippen LogP contribution in [0.1, 0.15) is 25.3 Å². The molecule has 0 aliphatic carbocycles. The average Bonchev–Trinajstić information content (AvgIpc) is 2.92. The third kappa shape index (κ3) is 5.82. The zero-order valence-corrected chi connectivity index (χ0v) is 15.3. The van der Waals surface area contributed by atoms with E-state index in [2.05, 4.69) is 57.8 Å². The number of likely N-dealkylation sites (tertiary alicyclic amines) is 1. The Labute approximate surface area is 145 Å². The van der Waals surface area contributed by atoms with Crippen molar-refractivity contribution < 1.29 is 0 Å². The molecule has 21 heavy (non-hydrogen) atoms. The van der Waals surface area contributed by atoms with Gasteiger partial charge in [0.1, 0.15) is 0 Å². The third-order valence-corrected chi connectivity index (χ3v) is 3.80. The molecule has 1 aromatic carbocycles. The zero-order chi connectivity index (χ0) is 14.2. The largest absolute Gasteiger partial charge is 0.357 e. The Balaban J connectivity index is 0.00000220. The van der Waals surface area contributed by atoms with Crippen LogP contribution in [0.2, 0.25) is 0 Å². The van der Waals surface area contributed by atoms with Gasteiger partial charge in [-0.15, -0.1) is 24.0 Å². The molecule has 1 aliphatic heterocycles. The number of hydrogen-bond donors (Lipinski definition) is 2. The van der Waals surface area contributed by atoms with Crippen LogP contribution in [0.3, 0.4) is 0 Å². The summed E-state index contributed by atoms with van der Waals surface area (Å²) in [4.78, 5) is 6.79. The average molecular weight is 402 g/mol. The Morgan fingerprint density at radius 2 is 2.05 bits per heavy atom. The second-order valence-electron chi connectivity index (χ2n) is 5.24. The van der Waals surface area contributed by atoms with E-state index in [9.17, 15) is 0 Å². The van der Waals surface area contributed by atoms with Gasteiger partial charge in [0.25, 0.3) is 0 Å². The molecule has 1 aromatic rings. The van der Waals surface area contributed by atoms with Crippen LogP contribution in [0, 0.1) is 0 Å². The van der Waals surface area contributed by atoms with Gasteiger partial charge < -0.3 is 10.6 Å². The highest BCUT2D eigenvalue weighted by Crippen LogP contribution is 2.19. The second kappa shape index (κ2) is 10.00. The summed E-state index contributed by atoms with van der Waals surface area (Å²) < 4.78 is 0. The first-order valence-corrected chi connectivity index (χ1v) is 7.56. The summed E-state index contributed by atoms with van der Waals surface area (Å²) in [5, 5.41) is 6.67. The quantitative estimate of drug-likeness (QED) is 0.452. The Morgan fingerprint density at radius 3 is 2.71 bits per heavy atom. The van der Waals surface area contributed by atoms with Crippen LogP contribution in [0.5, 0.6) is 0 Å². The molecule has 1 saturated heterocycles. The number of benzene rings is 1. The first kappa shape index (κ1) is 18.2. The summed E-state index contributed by atoms with van der Waals surface area (Å²) in [6, 6.07) is 11.3. The molecule has 0 saturated carbocycles. The lowest BCUT2D eigenvalue weighted by atomic mass is 10.2. The van der Waals surface area contributed by atoms with E-state index in [1.807, 2.05) is 7.05 Å². The van der Waals surface area contributed by atoms with Crippen molar-refractivity contribution >= 4 is 29.9 Å². The van der Waals surface area contributed by atoms with E-state index in [1.165, 1.54) is 24.9 Å². The zero-order valence-electron chi connectivity index (χ0n) is 13.0. The fourth-order valence-electron chi connectivity index (χ4n) is 2.75. The molecule has 4 nitrogen and oxygen atoms in total. The number of guanidine groups is 1. The Kier molecular flexibility index (Phi) is 8.68. The fraction of sp³-hybridized carbons (Fsp3) is 0.562. The number of hydrogen-bond acceptors (Lipinski definition) is 2. The number of nitrogens with one attached hydrogen (secondary N) is 2. The maximum Gasteiger partial charge on any atom is 0.191 e. The molecule has 1 aliphatic rings. The van der Waals surface area contributed by atoms with Crippen LogP contribution in [0.4, 0.5) is 0 Å². The van der Waals surface area contributed by atoms with Gasteiger partial charge in [-0.3, -0.25) is 9.89 Å². The maximum atomic E-state index is 4.22. The highest BCUT2D eigenvalue weighted by Gasteiger charge is 2.24.